The molecule has 0 aliphatic rings. The third-order valence-corrected chi connectivity index (χ3v) is 4.13. The summed E-state index contributed by atoms with van der Waals surface area (Å²) in [6.45, 7) is -2.22. The van der Waals surface area contributed by atoms with E-state index in [9.17, 15) is 13.2 Å². The molecule has 0 unspecified atom stereocenters. The van der Waals surface area contributed by atoms with E-state index < -0.39 is 6.61 Å². The van der Waals surface area contributed by atoms with E-state index in [4.69, 9.17) is 4.74 Å². The number of para-hydroxylation sites is 1. The van der Waals surface area contributed by atoms with Crippen molar-refractivity contribution in [2.45, 2.75) is 19.7 Å². The molecule has 1 aromatic heterocycles. The van der Waals surface area contributed by atoms with Crippen molar-refractivity contribution in [1.82, 2.24) is 15.6 Å². The molecular weight excluding hydrogens is 409 g/mol. The molecule has 2 N–H and O–H groups in total. The summed E-state index contributed by atoms with van der Waals surface area (Å²) in [5, 5.41) is 6.16. The highest BCUT2D eigenvalue weighted by atomic mass is 19.3. The lowest BCUT2D eigenvalue weighted by Gasteiger charge is -2.14. The summed E-state index contributed by atoms with van der Waals surface area (Å²) in [6, 6.07) is 15.8. The van der Waals surface area contributed by atoms with Crippen molar-refractivity contribution in [3.05, 3.63) is 83.8 Å². The number of nitrogens with one attached hydrogen (secondary N) is 2. The van der Waals surface area contributed by atoms with Gasteiger partial charge in [-0.05, 0) is 23.8 Å². The quantitative estimate of drug-likeness (QED) is 0.408. The molecule has 1 heterocycles. The second-order valence-electron chi connectivity index (χ2n) is 6.33. The van der Waals surface area contributed by atoms with Crippen molar-refractivity contribution in [3.63, 3.8) is 0 Å². The molecule has 0 saturated carbocycles. The van der Waals surface area contributed by atoms with Crippen LogP contribution in [0.2, 0.25) is 0 Å². The van der Waals surface area contributed by atoms with Crippen LogP contribution in [0, 0.1) is 5.82 Å². The average molecular weight is 430 g/mol. The molecule has 6 nitrogen and oxygen atoms in total. The topological polar surface area (TPSA) is 67.8 Å². The van der Waals surface area contributed by atoms with Gasteiger partial charge in [-0.2, -0.15) is 8.78 Å². The van der Waals surface area contributed by atoms with E-state index in [1.165, 1.54) is 18.2 Å². The molecule has 31 heavy (non-hydrogen) atoms. The summed E-state index contributed by atoms with van der Waals surface area (Å²) in [5.41, 5.74) is 1.43. The van der Waals surface area contributed by atoms with Crippen LogP contribution in [0.4, 0.5) is 13.2 Å². The summed E-state index contributed by atoms with van der Waals surface area (Å²) in [4.78, 5) is 8.32. The van der Waals surface area contributed by atoms with Gasteiger partial charge in [0.05, 0.1) is 0 Å². The molecule has 0 fully saturated rings. The number of benzene rings is 2. The molecule has 0 saturated heterocycles. The maximum absolute atomic E-state index is 13.2. The lowest BCUT2D eigenvalue weighted by molar-refractivity contribution is -0.0504. The zero-order valence-corrected chi connectivity index (χ0v) is 16.7. The van der Waals surface area contributed by atoms with Crippen LogP contribution in [0.15, 0.2) is 71.9 Å². The number of pyridine rings is 1. The van der Waals surface area contributed by atoms with E-state index >= 15 is 0 Å². The maximum atomic E-state index is 13.2. The highest BCUT2D eigenvalue weighted by Crippen LogP contribution is 2.21. The largest absolute Gasteiger partial charge is 0.439 e. The normalized spacial score (nSPS) is 11.3. The first kappa shape index (κ1) is 21.9. The highest BCUT2D eigenvalue weighted by molar-refractivity contribution is 5.79. The van der Waals surface area contributed by atoms with Crippen molar-refractivity contribution >= 4 is 5.96 Å². The summed E-state index contributed by atoms with van der Waals surface area (Å²) in [6.07, 6.45) is 1.63. The second-order valence-corrected chi connectivity index (χ2v) is 6.33. The minimum absolute atomic E-state index is 0.110. The molecule has 0 bridgehead atoms. The van der Waals surface area contributed by atoms with Gasteiger partial charge in [0.15, 0.2) is 5.96 Å². The molecule has 3 aromatic rings. The number of aliphatic imine (C=N–C) groups is 1. The number of aromatic nitrogens is 1. The van der Waals surface area contributed by atoms with Gasteiger partial charge in [-0.25, -0.2) is 9.37 Å². The Labute approximate surface area is 177 Å². The van der Waals surface area contributed by atoms with Crippen LogP contribution in [0.3, 0.4) is 0 Å². The Morgan fingerprint density at radius 3 is 2.55 bits per heavy atom. The fraction of sp³-hybridized carbons (Fsp3) is 0.182. The molecule has 0 atom stereocenters. The highest BCUT2D eigenvalue weighted by Gasteiger charge is 2.09. The van der Waals surface area contributed by atoms with Gasteiger partial charge in [0.1, 0.15) is 17.3 Å². The summed E-state index contributed by atoms with van der Waals surface area (Å²) in [7, 11) is 1.60. The first-order chi connectivity index (χ1) is 15.0. The Morgan fingerprint density at radius 2 is 1.84 bits per heavy atom. The number of alkyl halides is 2. The predicted octanol–water partition coefficient (Wildman–Crippen LogP) is 4.48. The van der Waals surface area contributed by atoms with Gasteiger partial charge in [-0.15, -0.1) is 0 Å². The van der Waals surface area contributed by atoms with Gasteiger partial charge in [0.2, 0.25) is 5.88 Å². The fourth-order valence-corrected chi connectivity index (χ4v) is 2.67. The zero-order chi connectivity index (χ0) is 22.1. The smallest absolute Gasteiger partial charge is 0.387 e. The minimum atomic E-state index is -2.89. The van der Waals surface area contributed by atoms with E-state index in [0.717, 1.165) is 5.56 Å². The molecule has 0 aliphatic carbocycles. The van der Waals surface area contributed by atoms with Gasteiger partial charge >= 0.3 is 6.61 Å². The lowest BCUT2D eigenvalue weighted by Crippen LogP contribution is -2.36. The molecular formula is C22H21F3N4O2. The Bertz CT molecular complexity index is 1010. The molecule has 2 aromatic carbocycles. The van der Waals surface area contributed by atoms with Crippen LogP contribution in [-0.4, -0.2) is 24.6 Å². The summed E-state index contributed by atoms with van der Waals surface area (Å²) < 4.78 is 48.3. The van der Waals surface area contributed by atoms with Crippen molar-refractivity contribution in [1.29, 1.82) is 0 Å². The minimum Gasteiger partial charge on any atom is -0.439 e. The van der Waals surface area contributed by atoms with Crippen LogP contribution in [0.5, 0.6) is 17.4 Å². The second kappa shape index (κ2) is 10.9. The third kappa shape index (κ3) is 6.91. The number of ether oxygens (including phenoxy) is 2. The zero-order valence-electron chi connectivity index (χ0n) is 16.7. The molecule has 0 radical (unpaired) electrons. The van der Waals surface area contributed by atoms with Crippen LogP contribution in [-0.2, 0) is 13.1 Å². The van der Waals surface area contributed by atoms with Crippen LogP contribution in [0.25, 0.3) is 0 Å². The first-order valence-corrected chi connectivity index (χ1v) is 9.39. The lowest BCUT2D eigenvalue weighted by atomic mass is 10.2. The number of hydrogen-bond donors (Lipinski definition) is 2. The SMILES string of the molecule is CN=C(NCc1ccc(Oc2cccc(F)c2)nc1)NCc1ccccc1OC(F)F. The van der Waals surface area contributed by atoms with Crippen molar-refractivity contribution in [2.75, 3.05) is 7.05 Å². The van der Waals surface area contributed by atoms with Crippen molar-refractivity contribution < 1.29 is 22.6 Å². The molecule has 3 rings (SSSR count). The van der Waals surface area contributed by atoms with Crippen molar-refractivity contribution in [3.8, 4) is 17.4 Å². The van der Waals surface area contributed by atoms with E-state index in [1.54, 1.807) is 49.6 Å². The molecule has 162 valence electrons. The van der Waals surface area contributed by atoms with Crippen LogP contribution >= 0.6 is 0 Å². The monoisotopic (exact) mass is 430 g/mol. The van der Waals surface area contributed by atoms with E-state index in [2.05, 4.69) is 25.3 Å². The summed E-state index contributed by atoms with van der Waals surface area (Å²) in [5.74, 6) is 0.901. The van der Waals surface area contributed by atoms with Gasteiger partial charge in [-0.3, -0.25) is 4.99 Å². The maximum Gasteiger partial charge on any atom is 0.387 e. The number of guanidine groups is 1. The van der Waals surface area contributed by atoms with Gasteiger partial charge in [-0.1, -0.05) is 30.3 Å². The Balaban J connectivity index is 1.52. The van der Waals surface area contributed by atoms with Gasteiger partial charge in [0, 0.05) is 44.0 Å². The Morgan fingerprint density at radius 1 is 1.03 bits per heavy atom. The summed E-state index contributed by atoms with van der Waals surface area (Å²) >= 11 is 0. The van der Waals surface area contributed by atoms with E-state index in [0.29, 0.717) is 29.7 Å². The van der Waals surface area contributed by atoms with Gasteiger partial charge in [0.25, 0.3) is 0 Å². The van der Waals surface area contributed by atoms with Crippen LogP contribution < -0.4 is 20.1 Å². The average Bonchev–Trinajstić information content (AvgIpc) is 2.75. The Hall–Kier alpha value is -3.75. The van der Waals surface area contributed by atoms with E-state index in [1.807, 2.05) is 6.07 Å². The standard InChI is InChI=1S/C22H21F3N4O2/c1-26-22(29-14-16-5-2-3-8-19(16)31-21(24)25)28-13-15-9-10-20(27-12-15)30-18-7-4-6-17(23)11-18/h2-12,21H,13-14H2,1H3,(H2,26,28,29). The predicted molar refractivity (Wildman–Crippen MR) is 111 cm³/mol. The number of nitrogens with zero attached hydrogens (tertiary/aromatic N) is 2. The van der Waals surface area contributed by atoms with Crippen molar-refractivity contribution in [2.24, 2.45) is 4.99 Å². The number of hydrogen-bond acceptors (Lipinski definition) is 4. The number of halogens is 3. The van der Waals surface area contributed by atoms with Gasteiger partial charge < -0.3 is 20.1 Å². The third-order valence-electron chi connectivity index (χ3n) is 4.13. The van der Waals surface area contributed by atoms with Crippen LogP contribution in [0.1, 0.15) is 11.1 Å². The Kier molecular flexibility index (Phi) is 7.69. The molecule has 0 spiro atoms. The number of rotatable bonds is 8. The molecule has 0 amide bonds. The van der Waals surface area contributed by atoms with E-state index in [-0.39, 0.29) is 18.1 Å². The molecule has 9 heteroatoms. The fourth-order valence-electron chi connectivity index (χ4n) is 2.67. The first-order valence-electron chi connectivity index (χ1n) is 9.39. The molecule has 0 aliphatic heterocycles.